The second kappa shape index (κ2) is 2.41. The smallest absolute Gasteiger partial charge is 0.146 e. The third-order valence-electron chi connectivity index (χ3n) is 1.03. The Morgan fingerprint density at radius 1 is 1.67 bits per heavy atom. The molecule has 0 saturated heterocycles. The fourth-order valence-corrected chi connectivity index (χ4v) is 0.550. The minimum absolute atomic E-state index is 0.671. The van der Waals surface area contributed by atoms with Gasteiger partial charge in [-0.25, -0.2) is 15.8 Å². The summed E-state index contributed by atoms with van der Waals surface area (Å²) < 4.78 is 0. The van der Waals surface area contributed by atoms with Gasteiger partial charge in [-0.15, -0.1) is 0 Å². The summed E-state index contributed by atoms with van der Waals surface area (Å²) in [7, 11) is 0. The predicted molar refractivity (Wildman–Crippen MR) is 34.6 cm³/mol. The number of nitrogens with one attached hydrogen (secondary N) is 1. The van der Waals surface area contributed by atoms with Gasteiger partial charge < -0.3 is 5.43 Å². The molecule has 1 heterocycles. The highest BCUT2D eigenvalue weighted by atomic mass is 15.3. The summed E-state index contributed by atoms with van der Waals surface area (Å²) >= 11 is 0. The van der Waals surface area contributed by atoms with Crippen LogP contribution in [0.3, 0.4) is 0 Å². The molecule has 48 valence electrons. The Hall–Kier alpha value is -1.16. The third-order valence-corrected chi connectivity index (χ3v) is 1.03. The van der Waals surface area contributed by atoms with Gasteiger partial charge in [0.2, 0.25) is 0 Å². The van der Waals surface area contributed by atoms with Crippen molar-refractivity contribution >= 4 is 5.82 Å². The number of hydrazine groups is 1. The molecule has 0 fully saturated rings. The summed E-state index contributed by atoms with van der Waals surface area (Å²) in [5.74, 6) is 5.78. The molecule has 4 nitrogen and oxygen atoms in total. The molecule has 0 aliphatic carbocycles. The van der Waals surface area contributed by atoms with Crippen molar-refractivity contribution in [2.24, 2.45) is 5.84 Å². The van der Waals surface area contributed by atoms with E-state index in [1.807, 2.05) is 6.92 Å². The minimum Gasteiger partial charge on any atom is -0.308 e. The van der Waals surface area contributed by atoms with Crippen LogP contribution in [0.4, 0.5) is 5.82 Å². The van der Waals surface area contributed by atoms with E-state index in [1.54, 1.807) is 6.20 Å². The Bertz CT molecular complexity index is 198. The highest BCUT2D eigenvalue weighted by molar-refractivity contribution is 5.39. The van der Waals surface area contributed by atoms with Gasteiger partial charge in [0.05, 0.1) is 0 Å². The fraction of sp³-hybridized carbons (Fsp3) is 0.200. The van der Waals surface area contributed by atoms with Crippen molar-refractivity contribution in [3.05, 3.63) is 18.1 Å². The number of aryl methyl sites for hydroxylation is 1. The number of nitrogens with two attached hydrogens (primary N) is 1. The van der Waals surface area contributed by atoms with E-state index in [-0.39, 0.29) is 0 Å². The van der Waals surface area contributed by atoms with Crippen molar-refractivity contribution in [1.29, 1.82) is 0 Å². The Kier molecular flexibility index (Phi) is 1.60. The largest absolute Gasteiger partial charge is 0.308 e. The molecule has 4 heteroatoms. The fourth-order valence-electron chi connectivity index (χ4n) is 0.550. The number of hydrogen-bond acceptors (Lipinski definition) is 4. The van der Waals surface area contributed by atoms with Gasteiger partial charge in [-0.2, -0.15) is 0 Å². The second-order valence-electron chi connectivity index (χ2n) is 1.70. The van der Waals surface area contributed by atoms with Crippen LogP contribution < -0.4 is 11.3 Å². The van der Waals surface area contributed by atoms with Crippen LogP contribution in [0.15, 0.2) is 12.5 Å². The zero-order chi connectivity index (χ0) is 6.69. The molecule has 0 aliphatic heterocycles. The van der Waals surface area contributed by atoms with E-state index in [1.165, 1.54) is 6.33 Å². The van der Waals surface area contributed by atoms with Crippen LogP contribution in [0.25, 0.3) is 0 Å². The number of rotatable bonds is 1. The van der Waals surface area contributed by atoms with Crippen LogP contribution in [0, 0.1) is 6.92 Å². The predicted octanol–water partition coefficient (Wildman–Crippen LogP) is 0.0706. The molecule has 0 saturated carbocycles. The van der Waals surface area contributed by atoms with Gasteiger partial charge in [-0.3, -0.25) is 0 Å². The monoisotopic (exact) mass is 124 g/mol. The Balaban J connectivity index is 3.01. The molecule has 1 aromatic rings. The first-order chi connectivity index (χ1) is 4.34. The molecule has 0 aliphatic rings. The lowest BCUT2D eigenvalue weighted by atomic mass is 10.4. The SMILES string of the molecule is Cc1cncnc1NN. The number of nitrogens with zero attached hydrogens (tertiary/aromatic N) is 2. The molecular formula is C5H8N4. The Morgan fingerprint density at radius 2 is 2.44 bits per heavy atom. The quantitative estimate of drug-likeness (QED) is 0.411. The van der Waals surface area contributed by atoms with E-state index in [9.17, 15) is 0 Å². The maximum absolute atomic E-state index is 5.11. The first-order valence-electron chi connectivity index (χ1n) is 2.58. The summed E-state index contributed by atoms with van der Waals surface area (Å²) in [6.45, 7) is 1.88. The van der Waals surface area contributed by atoms with Crippen LogP contribution >= 0.6 is 0 Å². The van der Waals surface area contributed by atoms with Crippen LogP contribution in [0.1, 0.15) is 5.56 Å². The lowest BCUT2D eigenvalue weighted by Gasteiger charge is -1.98. The van der Waals surface area contributed by atoms with E-state index in [0.29, 0.717) is 5.82 Å². The average molecular weight is 124 g/mol. The Labute approximate surface area is 53.1 Å². The highest BCUT2D eigenvalue weighted by Crippen LogP contribution is 2.03. The van der Waals surface area contributed by atoms with Gasteiger partial charge in [-0.05, 0) is 6.92 Å². The summed E-state index contributed by atoms with van der Waals surface area (Å²) in [6.07, 6.45) is 3.14. The van der Waals surface area contributed by atoms with Crippen LogP contribution in [0.5, 0.6) is 0 Å². The summed E-state index contributed by atoms with van der Waals surface area (Å²) in [5.41, 5.74) is 3.39. The maximum Gasteiger partial charge on any atom is 0.146 e. The topological polar surface area (TPSA) is 63.8 Å². The van der Waals surface area contributed by atoms with Gasteiger partial charge in [0, 0.05) is 11.8 Å². The van der Waals surface area contributed by atoms with Gasteiger partial charge >= 0.3 is 0 Å². The molecule has 0 atom stereocenters. The van der Waals surface area contributed by atoms with Crippen molar-refractivity contribution in [2.45, 2.75) is 6.92 Å². The maximum atomic E-state index is 5.11. The summed E-state index contributed by atoms with van der Waals surface area (Å²) in [5, 5.41) is 0. The third kappa shape index (κ3) is 1.14. The molecule has 0 spiro atoms. The van der Waals surface area contributed by atoms with Gasteiger partial charge in [-0.1, -0.05) is 0 Å². The van der Waals surface area contributed by atoms with E-state index in [2.05, 4.69) is 15.4 Å². The summed E-state index contributed by atoms with van der Waals surface area (Å²) in [6, 6.07) is 0. The van der Waals surface area contributed by atoms with Crippen molar-refractivity contribution in [2.75, 3.05) is 5.43 Å². The number of anilines is 1. The number of hydrogen-bond donors (Lipinski definition) is 2. The molecular weight excluding hydrogens is 116 g/mol. The van der Waals surface area contributed by atoms with E-state index < -0.39 is 0 Å². The number of aromatic nitrogens is 2. The van der Waals surface area contributed by atoms with Gasteiger partial charge in [0.25, 0.3) is 0 Å². The zero-order valence-corrected chi connectivity index (χ0v) is 5.13. The first-order valence-corrected chi connectivity index (χ1v) is 2.58. The van der Waals surface area contributed by atoms with E-state index in [0.717, 1.165) is 5.56 Å². The highest BCUT2D eigenvalue weighted by Gasteiger charge is 1.92. The van der Waals surface area contributed by atoms with Crippen LogP contribution in [-0.4, -0.2) is 9.97 Å². The first kappa shape index (κ1) is 5.97. The molecule has 3 N–H and O–H groups in total. The van der Waals surface area contributed by atoms with Crippen molar-refractivity contribution < 1.29 is 0 Å². The molecule has 1 rings (SSSR count). The molecule has 0 aromatic carbocycles. The Morgan fingerprint density at radius 3 is 2.89 bits per heavy atom. The average Bonchev–Trinajstić information content (AvgIpc) is 1.89. The standard InChI is InChI=1S/C5H8N4/c1-4-2-7-3-8-5(4)9-6/h2-3H,6H2,1H3,(H,7,8,9). The molecule has 0 amide bonds. The molecule has 0 unspecified atom stereocenters. The molecule has 1 aromatic heterocycles. The second-order valence-corrected chi connectivity index (χ2v) is 1.70. The lowest BCUT2D eigenvalue weighted by Crippen LogP contribution is -2.09. The lowest BCUT2D eigenvalue weighted by molar-refractivity contribution is 1.10. The van der Waals surface area contributed by atoms with Crippen molar-refractivity contribution in [3.63, 3.8) is 0 Å². The zero-order valence-electron chi connectivity index (χ0n) is 5.13. The van der Waals surface area contributed by atoms with E-state index in [4.69, 9.17) is 5.84 Å². The van der Waals surface area contributed by atoms with Crippen LogP contribution in [-0.2, 0) is 0 Å². The molecule has 0 bridgehead atoms. The van der Waals surface area contributed by atoms with Gasteiger partial charge in [0.1, 0.15) is 12.1 Å². The summed E-state index contributed by atoms with van der Waals surface area (Å²) in [4.78, 5) is 7.64. The molecule has 9 heavy (non-hydrogen) atoms. The number of nitrogen functional groups attached to an aromatic ring is 1. The normalized spacial score (nSPS) is 9.11. The van der Waals surface area contributed by atoms with E-state index >= 15 is 0 Å². The minimum atomic E-state index is 0.671. The molecule has 0 radical (unpaired) electrons. The van der Waals surface area contributed by atoms with Crippen molar-refractivity contribution in [3.8, 4) is 0 Å². The van der Waals surface area contributed by atoms with Crippen LogP contribution in [0.2, 0.25) is 0 Å². The van der Waals surface area contributed by atoms with Gasteiger partial charge in [0.15, 0.2) is 0 Å². The van der Waals surface area contributed by atoms with Crippen molar-refractivity contribution in [1.82, 2.24) is 9.97 Å².